The zero-order valence-corrected chi connectivity index (χ0v) is 17.6. The molecule has 0 aliphatic heterocycles. The number of nitrogens with one attached hydrogen (secondary N) is 2. The van der Waals surface area contributed by atoms with Gasteiger partial charge in [-0.2, -0.15) is 5.10 Å². The molecular formula is C26H26N4O. The Morgan fingerprint density at radius 1 is 0.903 bits per heavy atom. The molecule has 0 saturated carbocycles. The lowest BCUT2D eigenvalue weighted by Gasteiger charge is -2.12. The van der Waals surface area contributed by atoms with Crippen LogP contribution in [0.15, 0.2) is 91.3 Å². The fourth-order valence-electron chi connectivity index (χ4n) is 3.46. The molecule has 0 spiro atoms. The summed E-state index contributed by atoms with van der Waals surface area (Å²) in [7, 11) is 0. The third kappa shape index (κ3) is 5.68. The van der Waals surface area contributed by atoms with Crippen molar-refractivity contribution in [2.24, 2.45) is 0 Å². The molecule has 5 heteroatoms. The summed E-state index contributed by atoms with van der Waals surface area (Å²) in [5, 5.41) is 10.8. The summed E-state index contributed by atoms with van der Waals surface area (Å²) >= 11 is 0. The SMILES string of the molecule is Cc1ccc(C(=O)Nc2cccc(CNCc3ccccc3Cn3cccn3)c2)cc1. The van der Waals surface area contributed by atoms with Crippen LogP contribution in [0.25, 0.3) is 0 Å². The maximum atomic E-state index is 12.5. The highest BCUT2D eigenvalue weighted by atomic mass is 16.1. The number of hydrogen-bond acceptors (Lipinski definition) is 3. The predicted molar refractivity (Wildman–Crippen MR) is 124 cm³/mol. The lowest BCUT2D eigenvalue weighted by molar-refractivity contribution is 0.102. The average molecular weight is 411 g/mol. The van der Waals surface area contributed by atoms with E-state index >= 15 is 0 Å². The summed E-state index contributed by atoms with van der Waals surface area (Å²) < 4.78 is 1.93. The van der Waals surface area contributed by atoms with E-state index in [0.29, 0.717) is 12.1 Å². The summed E-state index contributed by atoms with van der Waals surface area (Å²) in [5.74, 6) is -0.0994. The van der Waals surface area contributed by atoms with Gasteiger partial charge in [-0.3, -0.25) is 9.48 Å². The van der Waals surface area contributed by atoms with Crippen LogP contribution in [0.2, 0.25) is 0 Å². The Hall–Kier alpha value is -3.70. The Kier molecular flexibility index (Phi) is 6.55. The number of hydrogen-bond donors (Lipinski definition) is 2. The van der Waals surface area contributed by atoms with Gasteiger partial charge in [0.1, 0.15) is 0 Å². The first-order valence-corrected chi connectivity index (χ1v) is 10.4. The first-order chi connectivity index (χ1) is 15.2. The number of rotatable bonds is 8. The minimum Gasteiger partial charge on any atom is -0.322 e. The van der Waals surface area contributed by atoms with Crippen molar-refractivity contribution in [3.8, 4) is 0 Å². The Morgan fingerprint density at radius 2 is 1.71 bits per heavy atom. The Labute approximate surface area is 182 Å². The van der Waals surface area contributed by atoms with Gasteiger partial charge >= 0.3 is 0 Å². The van der Waals surface area contributed by atoms with E-state index in [1.165, 1.54) is 11.1 Å². The third-order valence-electron chi connectivity index (χ3n) is 5.15. The highest BCUT2D eigenvalue weighted by Crippen LogP contribution is 2.14. The first-order valence-electron chi connectivity index (χ1n) is 10.4. The molecule has 4 aromatic rings. The Bertz CT molecular complexity index is 1130. The minimum absolute atomic E-state index is 0.0994. The standard InChI is InChI=1S/C26H26N4O/c1-20-10-12-22(13-11-20)26(31)29-25-9-4-6-21(16-25)17-27-18-23-7-2-3-8-24(23)19-30-15-5-14-28-30/h2-16,27H,17-19H2,1H3,(H,29,31). The largest absolute Gasteiger partial charge is 0.322 e. The number of amides is 1. The van der Waals surface area contributed by atoms with E-state index in [1.54, 1.807) is 6.20 Å². The number of benzene rings is 3. The van der Waals surface area contributed by atoms with Gasteiger partial charge in [-0.05, 0) is 53.9 Å². The van der Waals surface area contributed by atoms with E-state index in [0.717, 1.165) is 29.9 Å². The second-order valence-corrected chi connectivity index (χ2v) is 7.60. The molecule has 1 heterocycles. The van der Waals surface area contributed by atoms with Crippen LogP contribution in [-0.2, 0) is 19.6 Å². The molecule has 0 aliphatic rings. The molecule has 1 amide bonds. The van der Waals surface area contributed by atoms with Crippen LogP contribution in [0, 0.1) is 6.92 Å². The quantitative estimate of drug-likeness (QED) is 0.439. The van der Waals surface area contributed by atoms with Crippen LogP contribution in [0.4, 0.5) is 5.69 Å². The maximum Gasteiger partial charge on any atom is 0.255 e. The van der Waals surface area contributed by atoms with E-state index in [9.17, 15) is 4.79 Å². The highest BCUT2D eigenvalue weighted by Gasteiger charge is 2.07. The van der Waals surface area contributed by atoms with Gasteiger partial charge in [0.05, 0.1) is 6.54 Å². The molecule has 0 aliphatic carbocycles. The molecule has 2 N–H and O–H groups in total. The van der Waals surface area contributed by atoms with Crippen molar-refractivity contribution in [2.45, 2.75) is 26.6 Å². The molecule has 0 bridgehead atoms. The first kappa shape index (κ1) is 20.6. The number of carbonyl (C=O) groups excluding carboxylic acids is 1. The van der Waals surface area contributed by atoms with E-state index in [4.69, 9.17) is 0 Å². The summed E-state index contributed by atoms with van der Waals surface area (Å²) in [6.07, 6.45) is 3.77. The summed E-state index contributed by atoms with van der Waals surface area (Å²) in [6, 6.07) is 25.9. The summed E-state index contributed by atoms with van der Waals surface area (Å²) in [5.41, 5.74) is 6.20. The molecule has 0 fully saturated rings. The second-order valence-electron chi connectivity index (χ2n) is 7.60. The minimum atomic E-state index is -0.0994. The Balaban J connectivity index is 1.35. The molecule has 0 unspecified atom stereocenters. The third-order valence-corrected chi connectivity index (χ3v) is 5.15. The van der Waals surface area contributed by atoms with E-state index in [1.807, 2.05) is 66.3 Å². The normalized spacial score (nSPS) is 10.7. The van der Waals surface area contributed by atoms with Crippen molar-refractivity contribution in [1.82, 2.24) is 15.1 Å². The molecule has 1 aromatic heterocycles. The van der Waals surface area contributed by atoms with Crippen molar-refractivity contribution in [3.05, 3.63) is 119 Å². The van der Waals surface area contributed by atoms with Crippen LogP contribution in [0.5, 0.6) is 0 Å². The van der Waals surface area contributed by atoms with E-state index in [2.05, 4.69) is 46.1 Å². The molecule has 0 radical (unpaired) electrons. The van der Waals surface area contributed by atoms with Crippen LogP contribution < -0.4 is 10.6 Å². The number of nitrogens with zero attached hydrogens (tertiary/aromatic N) is 2. The van der Waals surface area contributed by atoms with Crippen LogP contribution in [0.1, 0.15) is 32.6 Å². The smallest absolute Gasteiger partial charge is 0.255 e. The van der Waals surface area contributed by atoms with E-state index in [-0.39, 0.29) is 5.91 Å². The van der Waals surface area contributed by atoms with E-state index < -0.39 is 0 Å². The molecule has 4 rings (SSSR count). The molecule has 31 heavy (non-hydrogen) atoms. The lowest BCUT2D eigenvalue weighted by atomic mass is 10.1. The van der Waals surface area contributed by atoms with Crippen molar-refractivity contribution < 1.29 is 4.79 Å². The topological polar surface area (TPSA) is 59.0 Å². The molecule has 5 nitrogen and oxygen atoms in total. The fourth-order valence-corrected chi connectivity index (χ4v) is 3.46. The molecule has 0 atom stereocenters. The van der Waals surface area contributed by atoms with Gasteiger partial charge in [-0.1, -0.05) is 54.1 Å². The van der Waals surface area contributed by atoms with Crippen LogP contribution >= 0.6 is 0 Å². The van der Waals surface area contributed by atoms with Gasteiger partial charge in [0.15, 0.2) is 0 Å². The van der Waals surface area contributed by atoms with Crippen LogP contribution in [0.3, 0.4) is 0 Å². The van der Waals surface area contributed by atoms with Crippen LogP contribution in [-0.4, -0.2) is 15.7 Å². The monoisotopic (exact) mass is 410 g/mol. The fraction of sp³-hybridized carbons (Fsp3) is 0.154. The summed E-state index contributed by atoms with van der Waals surface area (Å²) in [6.45, 7) is 4.24. The molecule has 0 saturated heterocycles. The van der Waals surface area contributed by atoms with Gasteiger partial charge in [0.2, 0.25) is 0 Å². The number of aromatic nitrogens is 2. The number of carbonyl (C=O) groups is 1. The van der Waals surface area contributed by atoms with Gasteiger partial charge in [-0.25, -0.2) is 0 Å². The van der Waals surface area contributed by atoms with Crippen molar-refractivity contribution in [2.75, 3.05) is 5.32 Å². The second kappa shape index (κ2) is 9.87. The Morgan fingerprint density at radius 3 is 2.48 bits per heavy atom. The number of aryl methyl sites for hydroxylation is 1. The maximum absolute atomic E-state index is 12.5. The lowest BCUT2D eigenvalue weighted by Crippen LogP contribution is -2.16. The zero-order chi connectivity index (χ0) is 21.5. The van der Waals surface area contributed by atoms with Gasteiger partial charge in [-0.15, -0.1) is 0 Å². The zero-order valence-electron chi connectivity index (χ0n) is 17.6. The highest BCUT2D eigenvalue weighted by molar-refractivity contribution is 6.04. The summed E-state index contributed by atoms with van der Waals surface area (Å²) in [4.78, 5) is 12.5. The van der Waals surface area contributed by atoms with Crippen molar-refractivity contribution in [1.29, 1.82) is 0 Å². The van der Waals surface area contributed by atoms with Crippen molar-refractivity contribution >= 4 is 11.6 Å². The van der Waals surface area contributed by atoms with Gasteiger partial charge in [0.25, 0.3) is 5.91 Å². The molecule has 3 aromatic carbocycles. The average Bonchev–Trinajstić information content (AvgIpc) is 3.29. The molecular weight excluding hydrogens is 384 g/mol. The molecule has 156 valence electrons. The van der Waals surface area contributed by atoms with Gasteiger partial charge < -0.3 is 10.6 Å². The van der Waals surface area contributed by atoms with Crippen molar-refractivity contribution in [3.63, 3.8) is 0 Å². The van der Waals surface area contributed by atoms with Gasteiger partial charge in [0, 0.05) is 36.7 Å². The number of anilines is 1. The predicted octanol–water partition coefficient (Wildman–Crippen LogP) is 4.78.